The summed E-state index contributed by atoms with van der Waals surface area (Å²) in [4.78, 5) is 12.5. The van der Waals surface area contributed by atoms with Crippen LogP contribution in [0.5, 0.6) is 0 Å². The monoisotopic (exact) mass is 402 g/mol. The minimum atomic E-state index is -0.296. The summed E-state index contributed by atoms with van der Waals surface area (Å²) in [5.41, 5.74) is 1.18. The van der Waals surface area contributed by atoms with Crippen molar-refractivity contribution in [3.05, 3.63) is 48.2 Å². The first-order valence-corrected chi connectivity index (χ1v) is 10.3. The van der Waals surface area contributed by atoms with Gasteiger partial charge in [0, 0.05) is 18.7 Å². The molecule has 0 unspecified atom stereocenters. The summed E-state index contributed by atoms with van der Waals surface area (Å²) < 4.78 is 2.54. The number of hydrogen-bond acceptors (Lipinski definition) is 7. The molecule has 9 heteroatoms. The Morgan fingerprint density at radius 3 is 2.70 bits per heavy atom. The van der Waals surface area contributed by atoms with Gasteiger partial charge in [-0.1, -0.05) is 53.4 Å². The van der Waals surface area contributed by atoms with Crippen LogP contribution < -0.4 is 10.6 Å². The number of benzene rings is 1. The van der Waals surface area contributed by atoms with Gasteiger partial charge < -0.3 is 10.6 Å². The van der Waals surface area contributed by atoms with Crippen LogP contribution in [0.4, 0.5) is 10.9 Å². The fourth-order valence-corrected chi connectivity index (χ4v) is 4.25. The van der Waals surface area contributed by atoms with Crippen LogP contribution in [-0.2, 0) is 11.3 Å². The molecule has 0 aliphatic rings. The molecule has 0 aliphatic carbocycles. The van der Waals surface area contributed by atoms with Crippen molar-refractivity contribution < 1.29 is 4.79 Å². The molecule has 3 aromatic rings. The van der Waals surface area contributed by atoms with E-state index in [1.165, 1.54) is 28.7 Å². The van der Waals surface area contributed by atoms with Crippen LogP contribution in [0.15, 0.2) is 46.9 Å². The van der Waals surface area contributed by atoms with E-state index in [0.717, 1.165) is 9.47 Å². The van der Waals surface area contributed by atoms with Crippen LogP contribution >= 0.6 is 23.1 Å². The fourth-order valence-electron chi connectivity index (χ4n) is 2.36. The molecular weight excluding hydrogens is 380 g/mol. The predicted octanol–water partition coefficient (Wildman–Crippen LogP) is 4.05. The Labute approximate surface area is 166 Å². The molecule has 0 saturated heterocycles. The smallest absolute Gasteiger partial charge is 0.238 e. The van der Waals surface area contributed by atoms with Crippen LogP contribution in [-0.4, -0.2) is 31.1 Å². The lowest BCUT2D eigenvalue weighted by Gasteiger charge is -2.14. The van der Waals surface area contributed by atoms with Gasteiger partial charge >= 0.3 is 0 Å². The van der Waals surface area contributed by atoms with Gasteiger partial charge in [0.1, 0.15) is 5.82 Å². The van der Waals surface area contributed by atoms with Crippen molar-refractivity contribution in [2.75, 3.05) is 10.6 Å². The molecule has 0 spiro atoms. The summed E-state index contributed by atoms with van der Waals surface area (Å²) in [6.45, 7) is 6.59. The van der Waals surface area contributed by atoms with E-state index in [9.17, 15) is 4.79 Å². The van der Waals surface area contributed by atoms with Gasteiger partial charge in [-0.15, -0.1) is 10.2 Å². The van der Waals surface area contributed by atoms with E-state index < -0.39 is 0 Å². The molecule has 0 radical (unpaired) electrons. The first-order valence-electron chi connectivity index (χ1n) is 8.65. The molecule has 0 fully saturated rings. The topological polar surface area (TPSA) is 84.7 Å². The van der Waals surface area contributed by atoms with Gasteiger partial charge in [0.15, 0.2) is 4.34 Å². The average Bonchev–Trinajstić information content (AvgIpc) is 3.30. The Morgan fingerprint density at radius 1 is 1.19 bits per heavy atom. The van der Waals surface area contributed by atoms with Gasteiger partial charge in [-0.25, -0.2) is 4.68 Å². The molecular formula is C18H22N6OS2. The summed E-state index contributed by atoms with van der Waals surface area (Å²) in [6.07, 6.45) is 1.68. The number of amides is 1. The molecule has 3 rings (SSSR count). The van der Waals surface area contributed by atoms with Crippen LogP contribution in [0.25, 0.3) is 0 Å². The second-order valence-corrected chi connectivity index (χ2v) is 8.78. The number of hydrogen-bond donors (Lipinski definition) is 2. The van der Waals surface area contributed by atoms with Gasteiger partial charge in [-0.3, -0.25) is 4.79 Å². The molecule has 2 N–H and O–H groups in total. The van der Waals surface area contributed by atoms with Crippen LogP contribution in [0.2, 0.25) is 0 Å². The molecule has 2 heterocycles. The van der Waals surface area contributed by atoms with Gasteiger partial charge in [0.2, 0.25) is 11.0 Å². The molecule has 7 nitrogen and oxygen atoms in total. The number of anilines is 2. The lowest BCUT2D eigenvalue weighted by Crippen LogP contribution is -2.24. The van der Waals surface area contributed by atoms with Crippen LogP contribution in [0.3, 0.4) is 0 Å². The first-order chi connectivity index (χ1) is 13.0. The van der Waals surface area contributed by atoms with Crippen molar-refractivity contribution in [2.24, 2.45) is 0 Å². The third-order valence-corrected chi connectivity index (χ3v) is 5.82. The quantitative estimate of drug-likeness (QED) is 0.553. The number of carbonyl (C=O) groups is 1. The third kappa shape index (κ3) is 5.30. The van der Waals surface area contributed by atoms with E-state index >= 15 is 0 Å². The van der Waals surface area contributed by atoms with Crippen molar-refractivity contribution in [1.29, 1.82) is 0 Å². The van der Waals surface area contributed by atoms with Crippen molar-refractivity contribution in [1.82, 2.24) is 20.0 Å². The van der Waals surface area contributed by atoms with Crippen molar-refractivity contribution in [2.45, 2.75) is 42.9 Å². The van der Waals surface area contributed by atoms with E-state index in [4.69, 9.17) is 0 Å². The highest BCUT2D eigenvalue weighted by molar-refractivity contribution is 8.02. The maximum atomic E-state index is 12.5. The lowest BCUT2D eigenvalue weighted by molar-refractivity contribution is -0.115. The average molecular weight is 403 g/mol. The van der Waals surface area contributed by atoms with Crippen molar-refractivity contribution in [3.8, 4) is 0 Å². The highest BCUT2D eigenvalue weighted by Gasteiger charge is 2.19. The molecule has 1 atom stereocenters. The van der Waals surface area contributed by atoms with E-state index in [1.807, 2.05) is 39.0 Å². The van der Waals surface area contributed by atoms with E-state index in [0.29, 0.717) is 12.4 Å². The maximum Gasteiger partial charge on any atom is 0.238 e. The molecule has 0 aliphatic heterocycles. The van der Waals surface area contributed by atoms with Crippen molar-refractivity contribution >= 4 is 40.0 Å². The number of nitrogens with zero attached hydrogens (tertiary/aromatic N) is 4. The Hall–Kier alpha value is -2.39. The number of rotatable bonds is 8. The molecule has 1 aromatic carbocycles. The largest absolute Gasteiger partial charge is 0.356 e. The molecule has 0 saturated carbocycles. The van der Waals surface area contributed by atoms with Gasteiger partial charge in [0.05, 0.1) is 11.4 Å². The molecule has 27 heavy (non-hydrogen) atoms. The summed E-state index contributed by atoms with van der Waals surface area (Å²) >= 11 is 2.84. The number of aromatic nitrogens is 4. The third-order valence-electron chi connectivity index (χ3n) is 3.75. The summed E-state index contributed by atoms with van der Waals surface area (Å²) in [5.74, 6) is 0.612. The summed E-state index contributed by atoms with van der Waals surface area (Å²) in [6, 6.07) is 12.1. The first kappa shape index (κ1) is 19.4. The number of nitrogens with one attached hydrogen (secondary N) is 2. The highest BCUT2D eigenvalue weighted by Crippen LogP contribution is 2.29. The minimum absolute atomic E-state index is 0.0867. The van der Waals surface area contributed by atoms with Crippen LogP contribution in [0, 0.1) is 0 Å². The molecule has 142 valence electrons. The molecule has 0 bridgehead atoms. The standard InChI is InChI=1S/C18H22N6OS2/c1-12(2)24-15(9-10-20-24)21-16(25)13(3)26-18-23-22-17(27-18)19-11-14-7-5-4-6-8-14/h4-10,12-13H,11H2,1-3H3,(H,19,22)(H,21,25)/t13-/m1/s1. The second kappa shape index (κ2) is 9.01. The molecule has 1 amide bonds. The van der Waals surface area contributed by atoms with Crippen LogP contribution in [0.1, 0.15) is 32.4 Å². The van der Waals surface area contributed by atoms with Gasteiger partial charge in [-0.05, 0) is 26.3 Å². The summed E-state index contributed by atoms with van der Waals surface area (Å²) in [5, 5.41) is 19.2. The van der Waals surface area contributed by atoms with Gasteiger partial charge in [0.25, 0.3) is 0 Å². The zero-order valence-electron chi connectivity index (χ0n) is 15.4. The lowest BCUT2D eigenvalue weighted by atomic mass is 10.2. The van der Waals surface area contributed by atoms with E-state index in [2.05, 4.69) is 38.1 Å². The minimum Gasteiger partial charge on any atom is -0.356 e. The fraction of sp³-hybridized carbons (Fsp3) is 0.333. The number of thioether (sulfide) groups is 1. The van der Waals surface area contributed by atoms with Gasteiger partial charge in [-0.2, -0.15) is 5.10 Å². The Bertz CT molecular complexity index is 877. The second-order valence-electron chi connectivity index (χ2n) is 6.22. The zero-order valence-corrected chi connectivity index (χ0v) is 17.0. The Balaban J connectivity index is 1.53. The maximum absolute atomic E-state index is 12.5. The van der Waals surface area contributed by atoms with Crippen molar-refractivity contribution in [3.63, 3.8) is 0 Å². The Kier molecular flexibility index (Phi) is 6.46. The van der Waals surface area contributed by atoms with E-state index in [-0.39, 0.29) is 17.2 Å². The van der Waals surface area contributed by atoms with E-state index in [1.54, 1.807) is 16.9 Å². The normalized spacial score (nSPS) is 12.1. The predicted molar refractivity (Wildman–Crippen MR) is 110 cm³/mol. The highest BCUT2D eigenvalue weighted by atomic mass is 32.2. The SMILES string of the molecule is CC(C)n1nccc1NC(=O)[C@@H](C)Sc1nnc(NCc2ccccc2)s1. The summed E-state index contributed by atoms with van der Waals surface area (Å²) in [7, 11) is 0. The zero-order chi connectivity index (χ0) is 19.2. The Morgan fingerprint density at radius 2 is 1.96 bits per heavy atom. The number of carbonyl (C=O) groups excluding carboxylic acids is 1. The molecule has 2 aromatic heterocycles.